The van der Waals surface area contributed by atoms with Gasteiger partial charge in [0.1, 0.15) is 0 Å². The molecule has 7 rings (SSSR count). The molecule has 0 unspecified atom stereocenters. The van der Waals surface area contributed by atoms with Gasteiger partial charge in [0, 0.05) is 22.9 Å². The summed E-state index contributed by atoms with van der Waals surface area (Å²) < 4.78 is 0. The summed E-state index contributed by atoms with van der Waals surface area (Å²) in [5.74, 6) is 0. The Balaban J connectivity index is 1.39. The Kier molecular flexibility index (Phi) is 6.94. The highest BCUT2D eigenvalue weighted by molar-refractivity contribution is 5.84. The van der Waals surface area contributed by atoms with E-state index in [1.54, 1.807) is 0 Å². The first-order chi connectivity index (χ1) is 20.8. The minimum absolute atomic E-state index is 0.957. The fourth-order valence-corrected chi connectivity index (χ4v) is 5.34. The van der Waals surface area contributed by atoms with Crippen LogP contribution >= 0.6 is 0 Å². The van der Waals surface area contributed by atoms with E-state index >= 15 is 0 Å². The molecule has 0 fully saturated rings. The summed E-state index contributed by atoms with van der Waals surface area (Å²) in [6.45, 7) is 0. The van der Waals surface area contributed by atoms with Gasteiger partial charge in [-0.25, -0.2) is 4.98 Å². The van der Waals surface area contributed by atoms with E-state index in [9.17, 15) is 0 Å². The third-order valence-corrected chi connectivity index (χ3v) is 7.52. The Bertz CT molecular complexity index is 1870. The minimum Gasteiger partial charge on any atom is -0.256 e. The predicted octanol–water partition coefficient (Wildman–Crippen LogP) is 10.5. The second-order valence-corrected chi connectivity index (χ2v) is 10.3. The number of nitrogens with zero attached hydrogens (tertiary/aromatic N) is 2. The zero-order chi connectivity index (χ0) is 28.1. The van der Waals surface area contributed by atoms with Crippen molar-refractivity contribution in [2.75, 3.05) is 0 Å². The van der Waals surface area contributed by atoms with E-state index in [2.05, 4.69) is 138 Å². The highest BCUT2D eigenvalue weighted by Gasteiger charge is 2.12. The number of hydrogen-bond acceptors (Lipinski definition) is 2. The molecule has 0 amide bonds. The van der Waals surface area contributed by atoms with Gasteiger partial charge in [0.25, 0.3) is 0 Å². The highest BCUT2D eigenvalue weighted by atomic mass is 14.7. The number of rotatable bonds is 6. The molecule has 198 valence electrons. The van der Waals surface area contributed by atoms with Crippen molar-refractivity contribution in [1.29, 1.82) is 0 Å². The molecule has 0 saturated carbocycles. The number of aromatic nitrogens is 2. The van der Waals surface area contributed by atoms with E-state index < -0.39 is 0 Å². The van der Waals surface area contributed by atoms with E-state index in [0.717, 1.165) is 50.5 Å². The Labute approximate surface area is 246 Å². The van der Waals surface area contributed by atoms with E-state index in [1.165, 1.54) is 16.7 Å². The van der Waals surface area contributed by atoms with Crippen LogP contribution < -0.4 is 0 Å². The Morgan fingerprint density at radius 2 is 0.643 bits per heavy atom. The van der Waals surface area contributed by atoms with Crippen LogP contribution in [0.25, 0.3) is 67.2 Å². The van der Waals surface area contributed by atoms with Crippen molar-refractivity contribution in [3.05, 3.63) is 170 Å². The first kappa shape index (κ1) is 25.4. The molecule has 0 bridgehead atoms. The quantitative estimate of drug-likeness (QED) is 0.211. The summed E-state index contributed by atoms with van der Waals surface area (Å²) in [6, 6.07) is 57.4. The van der Waals surface area contributed by atoms with Crippen LogP contribution in [0, 0.1) is 0 Å². The first-order valence-electron chi connectivity index (χ1n) is 14.2. The van der Waals surface area contributed by atoms with Crippen molar-refractivity contribution >= 4 is 0 Å². The molecule has 2 heteroatoms. The Morgan fingerprint density at radius 1 is 0.262 bits per heavy atom. The lowest BCUT2D eigenvalue weighted by Gasteiger charge is -2.14. The van der Waals surface area contributed by atoms with Crippen LogP contribution in [0.3, 0.4) is 0 Å². The zero-order valence-electron chi connectivity index (χ0n) is 23.1. The topological polar surface area (TPSA) is 25.8 Å². The smallest absolute Gasteiger partial charge is 0.0715 e. The summed E-state index contributed by atoms with van der Waals surface area (Å²) in [5, 5.41) is 0. The van der Waals surface area contributed by atoms with Gasteiger partial charge in [-0.15, -0.1) is 0 Å². The summed E-state index contributed by atoms with van der Waals surface area (Å²) in [7, 11) is 0. The van der Waals surface area contributed by atoms with Crippen molar-refractivity contribution < 1.29 is 0 Å². The van der Waals surface area contributed by atoms with Gasteiger partial charge in [0.05, 0.1) is 17.1 Å². The lowest BCUT2D eigenvalue weighted by molar-refractivity contribution is 1.32. The highest BCUT2D eigenvalue weighted by Crippen LogP contribution is 2.36. The molecule has 2 heterocycles. The summed E-state index contributed by atoms with van der Waals surface area (Å²) in [4.78, 5) is 9.61. The first-order valence-corrected chi connectivity index (χ1v) is 14.2. The molecule has 0 aliphatic carbocycles. The van der Waals surface area contributed by atoms with Gasteiger partial charge in [0.15, 0.2) is 0 Å². The Morgan fingerprint density at radius 3 is 1.14 bits per heavy atom. The molecule has 0 atom stereocenters. The van der Waals surface area contributed by atoms with Crippen LogP contribution in [0.1, 0.15) is 0 Å². The molecule has 5 aromatic carbocycles. The molecular weight excluding hydrogens is 508 g/mol. The molecule has 2 nitrogen and oxygen atoms in total. The van der Waals surface area contributed by atoms with Crippen molar-refractivity contribution in [2.45, 2.75) is 0 Å². The Hall–Kier alpha value is -5.60. The average molecular weight is 537 g/mol. The molecule has 0 N–H and O–H groups in total. The van der Waals surface area contributed by atoms with Crippen LogP contribution in [0.15, 0.2) is 170 Å². The molecule has 0 radical (unpaired) electrons. The average Bonchev–Trinajstić information content (AvgIpc) is 3.09. The molecular formula is C40H28N2. The van der Waals surface area contributed by atoms with Crippen molar-refractivity contribution in [3.63, 3.8) is 0 Å². The predicted molar refractivity (Wildman–Crippen MR) is 175 cm³/mol. The lowest BCUT2D eigenvalue weighted by Crippen LogP contribution is -1.92. The molecule has 0 aliphatic heterocycles. The fourth-order valence-electron chi connectivity index (χ4n) is 5.34. The SMILES string of the molecule is c1ccc(-c2cc(-c3ccc(-c4ccccn4)cc3)cc(-c3cc(-c4ccccc4)nc(-c4ccccc4)c3)c2)cc1. The number of hydrogen-bond donors (Lipinski definition) is 0. The number of pyridine rings is 2. The minimum atomic E-state index is 0.957. The maximum absolute atomic E-state index is 5.09. The third kappa shape index (κ3) is 5.39. The summed E-state index contributed by atoms with van der Waals surface area (Å²) in [6.07, 6.45) is 1.83. The molecule has 7 aromatic rings. The molecule has 42 heavy (non-hydrogen) atoms. The lowest BCUT2D eigenvalue weighted by atomic mass is 9.92. The van der Waals surface area contributed by atoms with Gasteiger partial charge < -0.3 is 0 Å². The molecule has 2 aromatic heterocycles. The summed E-state index contributed by atoms with van der Waals surface area (Å²) >= 11 is 0. The zero-order valence-corrected chi connectivity index (χ0v) is 23.1. The third-order valence-electron chi connectivity index (χ3n) is 7.52. The normalized spacial score (nSPS) is 10.9. The van der Waals surface area contributed by atoms with E-state index in [1.807, 2.05) is 36.5 Å². The van der Waals surface area contributed by atoms with Crippen molar-refractivity contribution in [2.24, 2.45) is 0 Å². The van der Waals surface area contributed by atoms with Gasteiger partial charge in [-0.3, -0.25) is 4.98 Å². The summed E-state index contributed by atoms with van der Waals surface area (Å²) in [5.41, 5.74) is 13.2. The van der Waals surface area contributed by atoms with Crippen LogP contribution in [0.5, 0.6) is 0 Å². The van der Waals surface area contributed by atoms with Gasteiger partial charge in [-0.05, 0) is 75.8 Å². The fraction of sp³-hybridized carbons (Fsp3) is 0. The van der Waals surface area contributed by atoms with Crippen LogP contribution in [-0.2, 0) is 0 Å². The molecule has 0 saturated heterocycles. The van der Waals surface area contributed by atoms with Crippen molar-refractivity contribution in [3.8, 4) is 67.2 Å². The number of benzene rings is 5. The second-order valence-electron chi connectivity index (χ2n) is 10.3. The molecule has 0 aliphatic rings. The largest absolute Gasteiger partial charge is 0.256 e. The van der Waals surface area contributed by atoms with Gasteiger partial charge in [0.2, 0.25) is 0 Å². The maximum atomic E-state index is 5.09. The monoisotopic (exact) mass is 536 g/mol. The van der Waals surface area contributed by atoms with Gasteiger partial charge in [-0.2, -0.15) is 0 Å². The van der Waals surface area contributed by atoms with Crippen LogP contribution in [0.4, 0.5) is 0 Å². The maximum Gasteiger partial charge on any atom is 0.0715 e. The van der Waals surface area contributed by atoms with Crippen LogP contribution in [-0.4, -0.2) is 9.97 Å². The van der Waals surface area contributed by atoms with Crippen LogP contribution in [0.2, 0.25) is 0 Å². The van der Waals surface area contributed by atoms with E-state index in [4.69, 9.17) is 4.98 Å². The van der Waals surface area contributed by atoms with Gasteiger partial charge >= 0.3 is 0 Å². The second kappa shape index (κ2) is 11.5. The standard InChI is InChI=1S/C40H28N2/c1-4-12-29(13-5-1)34-24-35(30-19-21-33(22-20-30)38-18-10-11-23-41-38)26-36(25-34)37-27-39(31-14-6-2-7-15-31)42-40(28-37)32-16-8-3-9-17-32/h1-28H. The van der Waals surface area contributed by atoms with E-state index in [0.29, 0.717) is 0 Å². The molecule has 0 spiro atoms. The van der Waals surface area contributed by atoms with E-state index in [-0.39, 0.29) is 0 Å². The van der Waals surface area contributed by atoms with Gasteiger partial charge in [-0.1, -0.05) is 121 Å². The van der Waals surface area contributed by atoms with Crippen molar-refractivity contribution in [1.82, 2.24) is 9.97 Å².